The van der Waals surface area contributed by atoms with Crippen molar-refractivity contribution in [2.24, 2.45) is 0 Å². The molecule has 0 bridgehead atoms. The van der Waals surface area contributed by atoms with Crippen molar-refractivity contribution < 1.29 is 9.26 Å². The predicted molar refractivity (Wildman–Crippen MR) is 109 cm³/mol. The third-order valence-corrected chi connectivity index (χ3v) is 4.75. The van der Waals surface area contributed by atoms with Crippen LogP contribution in [0, 0.1) is 13.8 Å². The van der Waals surface area contributed by atoms with Crippen LogP contribution in [0.1, 0.15) is 11.5 Å². The van der Waals surface area contributed by atoms with Gasteiger partial charge in [0.15, 0.2) is 5.82 Å². The fourth-order valence-corrected chi connectivity index (χ4v) is 3.30. The molecule has 0 aliphatic carbocycles. The summed E-state index contributed by atoms with van der Waals surface area (Å²) in [5, 5.41) is 7.06. The summed E-state index contributed by atoms with van der Waals surface area (Å²) in [5.74, 6) is 3.68. The van der Waals surface area contributed by atoms with Gasteiger partial charge in [-0.1, -0.05) is 5.16 Å². The molecule has 4 rings (SSSR count). The molecule has 0 saturated carbocycles. The van der Waals surface area contributed by atoms with Crippen molar-refractivity contribution in [3.8, 4) is 5.75 Å². The van der Waals surface area contributed by atoms with Gasteiger partial charge in [0.1, 0.15) is 17.3 Å². The molecule has 1 saturated heterocycles. The monoisotopic (exact) mass is 380 g/mol. The number of hydrogen-bond acceptors (Lipinski definition) is 8. The largest absolute Gasteiger partial charge is 0.497 e. The van der Waals surface area contributed by atoms with Crippen molar-refractivity contribution in [3.63, 3.8) is 0 Å². The molecular formula is C20H24N6O2. The van der Waals surface area contributed by atoms with Gasteiger partial charge in [0.25, 0.3) is 0 Å². The molecule has 0 spiro atoms. The molecule has 1 N–H and O–H groups in total. The molecule has 8 heteroatoms. The lowest BCUT2D eigenvalue weighted by Gasteiger charge is -2.36. The van der Waals surface area contributed by atoms with Crippen molar-refractivity contribution >= 4 is 23.3 Å². The molecular weight excluding hydrogens is 356 g/mol. The Bertz CT molecular complexity index is 932. The number of nitrogens with zero attached hydrogens (tertiary/aromatic N) is 5. The van der Waals surface area contributed by atoms with Gasteiger partial charge >= 0.3 is 0 Å². The van der Waals surface area contributed by atoms with E-state index < -0.39 is 0 Å². The zero-order chi connectivity index (χ0) is 19.5. The lowest BCUT2D eigenvalue weighted by Crippen LogP contribution is -2.46. The summed E-state index contributed by atoms with van der Waals surface area (Å²) >= 11 is 0. The molecule has 0 unspecified atom stereocenters. The molecule has 2 aromatic heterocycles. The Balaban J connectivity index is 1.43. The van der Waals surface area contributed by atoms with Crippen LogP contribution in [-0.2, 0) is 0 Å². The highest BCUT2D eigenvalue weighted by molar-refractivity contribution is 5.54. The first-order chi connectivity index (χ1) is 13.6. The Hall–Kier alpha value is -3.29. The summed E-state index contributed by atoms with van der Waals surface area (Å²) < 4.78 is 10.3. The van der Waals surface area contributed by atoms with Gasteiger partial charge in [0.2, 0.25) is 5.95 Å². The normalized spacial score (nSPS) is 14.2. The highest BCUT2D eigenvalue weighted by Gasteiger charge is 2.19. The molecule has 1 fully saturated rings. The molecule has 1 aromatic carbocycles. The molecule has 0 radical (unpaired) electrons. The average Bonchev–Trinajstić information content (AvgIpc) is 3.12. The number of anilines is 4. The number of aryl methyl sites for hydroxylation is 2. The number of nitrogens with one attached hydrogen (secondary N) is 1. The smallest absolute Gasteiger partial charge is 0.230 e. The zero-order valence-corrected chi connectivity index (χ0v) is 16.3. The van der Waals surface area contributed by atoms with E-state index in [0.717, 1.165) is 49.2 Å². The Morgan fingerprint density at radius 3 is 2.32 bits per heavy atom. The maximum Gasteiger partial charge on any atom is 0.230 e. The van der Waals surface area contributed by atoms with Crippen LogP contribution in [0.15, 0.2) is 40.9 Å². The van der Waals surface area contributed by atoms with Crippen molar-refractivity contribution in [1.29, 1.82) is 0 Å². The predicted octanol–water partition coefficient (Wildman–Crippen LogP) is 3.16. The van der Waals surface area contributed by atoms with E-state index in [1.54, 1.807) is 7.11 Å². The van der Waals surface area contributed by atoms with Gasteiger partial charge in [0.05, 0.1) is 7.11 Å². The van der Waals surface area contributed by atoms with Crippen LogP contribution in [0.4, 0.5) is 23.3 Å². The van der Waals surface area contributed by atoms with E-state index in [4.69, 9.17) is 9.26 Å². The topological polar surface area (TPSA) is 79.5 Å². The maximum atomic E-state index is 5.24. The van der Waals surface area contributed by atoms with E-state index in [0.29, 0.717) is 11.8 Å². The van der Waals surface area contributed by atoms with Crippen molar-refractivity contribution in [3.05, 3.63) is 47.9 Å². The number of ether oxygens (including phenoxy) is 1. The summed E-state index contributed by atoms with van der Waals surface area (Å²) in [6.45, 7) is 7.47. The van der Waals surface area contributed by atoms with Gasteiger partial charge in [-0.3, -0.25) is 0 Å². The molecule has 0 atom stereocenters. The van der Waals surface area contributed by atoms with Crippen LogP contribution in [0.3, 0.4) is 0 Å². The molecule has 3 heterocycles. The molecule has 8 nitrogen and oxygen atoms in total. The standard InChI is InChI=1S/C20H24N6O2/c1-14-12-19(23-20(21-14)22-18-13-15(2)28-24-18)26-10-8-25(9-11-26)16-4-6-17(27-3)7-5-16/h4-7,12-13H,8-11H2,1-3H3,(H,21,22,23,24). The van der Waals surface area contributed by atoms with Gasteiger partial charge in [-0.2, -0.15) is 4.98 Å². The summed E-state index contributed by atoms with van der Waals surface area (Å²) in [4.78, 5) is 13.8. The molecule has 146 valence electrons. The van der Waals surface area contributed by atoms with Crippen molar-refractivity contribution in [1.82, 2.24) is 15.1 Å². The van der Waals surface area contributed by atoms with E-state index >= 15 is 0 Å². The SMILES string of the molecule is COc1ccc(N2CCN(c3cc(C)nc(Nc4cc(C)on4)n3)CC2)cc1. The highest BCUT2D eigenvalue weighted by Crippen LogP contribution is 2.23. The molecule has 1 aliphatic rings. The lowest BCUT2D eigenvalue weighted by molar-refractivity contribution is 0.400. The van der Waals surface area contributed by atoms with Gasteiger partial charge in [-0.25, -0.2) is 4.98 Å². The van der Waals surface area contributed by atoms with E-state index in [1.165, 1.54) is 5.69 Å². The molecule has 3 aromatic rings. The summed E-state index contributed by atoms with van der Waals surface area (Å²) in [6.07, 6.45) is 0. The lowest BCUT2D eigenvalue weighted by atomic mass is 10.2. The van der Waals surface area contributed by atoms with E-state index in [-0.39, 0.29) is 0 Å². The minimum atomic E-state index is 0.529. The van der Waals surface area contributed by atoms with Gasteiger partial charge in [-0.05, 0) is 38.1 Å². The summed E-state index contributed by atoms with van der Waals surface area (Å²) in [7, 11) is 1.68. The van der Waals surface area contributed by atoms with E-state index in [1.807, 2.05) is 38.1 Å². The summed E-state index contributed by atoms with van der Waals surface area (Å²) in [6, 6.07) is 12.0. The first kappa shape index (κ1) is 18.1. The Labute approximate surface area is 164 Å². The van der Waals surface area contributed by atoms with Crippen LogP contribution in [0.25, 0.3) is 0 Å². The van der Waals surface area contributed by atoms with Crippen molar-refractivity contribution in [2.45, 2.75) is 13.8 Å². The van der Waals surface area contributed by atoms with Crippen LogP contribution < -0.4 is 19.9 Å². The molecule has 28 heavy (non-hydrogen) atoms. The first-order valence-corrected chi connectivity index (χ1v) is 9.31. The second-order valence-electron chi connectivity index (χ2n) is 6.81. The van der Waals surface area contributed by atoms with E-state index in [2.05, 4.69) is 42.4 Å². The van der Waals surface area contributed by atoms with Crippen LogP contribution >= 0.6 is 0 Å². The number of methoxy groups -OCH3 is 1. The number of rotatable bonds is 5. The average molecular weight is 380 g/mol. The first-order valence-electron chi connectivity index (χ1n) is 9.31. The van der Waals surface area contributed by atoms with Gasteiger partial charge in [0, 0.05) is 49.7 Å². The number of aromatic nitrogens is 3. The minimum absolute atomic E-state index is 0.529. The Morgan fingerprint density at radius 1 is 0.964 bits per heavy atom. The second kappa shape index (κ2) is 7.75. The van der Waals surface area contributed by atoms with Gasteiger partial charge < -0.3 is 24.4 Å². The number of piperazine rings is 1. The Kier molecular flexibility index (Phi) is 5.01. The molecule has 1 aliphatic heterocycles. The fourth-order valence-electron chi connectivity index (χ4n) is 3.30. The minimum Gasteiger partial charge on any atom is -0.497 e. The van der Waals surface area contributed by atoms with Gasteiger partial charge in [-0.15, -0.1) is 0 Å². The second-order valence-corrected chi connectivity index (χ2v) is 6.81. The van der Waals surface area contributed by atoms with Crippen LogP contribution in [0.2, 0.25) is 0 Å². The fraction of sp³-hybridized carbons (Fsp3) is 0.350. The Morgan fingerprint density at radius 2 is 1.68 bits per heavy atom. The number of hydrogen-bond donors (Lipinski definition) is 1. The third kappa shape index (κ3) is 4.00. The third-order valence-electron chi connectivity index (χ3n) is 4.75. The highest BCUT2D eigenvalue weighted by atomic mass is 16.5. The number of benzene rings is 1. The quantitative estimate of drug-likeness (QED) is 0.723. The van der Waals surface area contributed by atoms with Crippen LogP contribution in [-0.4, -0.2) is 48.4 Å². The van der Waals surface area contributed by atoms with E-state index in [9.17, 15) is 0 Å². The zero-order valence-electron chi connectivity index (χ0n) is 16.3. The maximum absolute atomic E-state index is 5.24. The summed E-state index contributed by atoms with van der Waals surface area (Å²) in [5.41, 5.74) is 2.12. The van der Waals surface area contributed by atoms with Crippen LogP contribution in [0.5, 0.6) is 5.75 Å². The molecule has 0 amide bonds. The van der Waals surface area contributed by atoms with Crippen molar-refractivity contribution in [2.75, 3.05) is 48.4 Å².